The summed E-state index contributed by atoms with van der Waals surface area (Å²) in [7, 11) is -3.84. The number of halogens is 2. The minimum Gasteiger partial charge on any atom is -0.322 e. The summed E-state index contributed by atoms with van der Waals surface area (Å²) in [5.74, 6) is -0.507. The third kappa shape index (κ3) is 4.15. The Bertz CT molecular complexity index is 789. The second-order valence-corrected chi connectivity index (χ2v) is 6.36. The van der Waals surface area contributed by atoms with Crippen molar-refractivity contribution in [2.45, 2.75) is 4.90 Å². The molecule has 2 rings (SSSR count). The maximum atomic E-state index is 12.0. The number of benzene rings is 1. The topological polar surface area (TPSA) is 102 Å². The lowest BCUT2D eigenvalue weighted by atomic mass is 10.2. The number of sulfonamides is 1. The largest absolute Gasteiger partial charge is 0.322 e. The van der Waals surface area contributed by atoms with Crippen molar-refractivity contribution in [1.29, 1.82) is 0 Å². The van der Waals surface area contributed by atoms with E-state index in [4.69, 9.17) is 28.3 Å². The molecular formula is C12H9Cl2N3O3S. The van der Waals surface area contributed by atoms with Crippen LogP contribution in [0.3, 0.4) is 0 Å². The average Bonchev–Trinajstić information content (AvgIpc) is 2.37. The van der Waals surface area contributed by atoms with Gasteiger partial charge in [-0.05, 0) is 30.3 Å². The number of carbonyl (C=O) groups is 1. The Labute approximate surface area is 130 Å². The van der Waals surface area contributed by atoms with Gasteiger partial charge in [-0.15, -0.1) is 0 Å². The van der Waals surface area contributed by atoms with E-state index in [1.807, 2.05) is 0 Å². The zero-order chi connectivity index (χ0) is 15.6. The Morgan fingerprint density at radius 3 is 2.33 bits per heavy atom. The van der Waals surface area contributed by atoms with Gasteiger partial charge in [0.1, 0.15) is 10.3 Å². The lowest BCUT2D eigenvalue weighted by Crippen LogP contribution is -2.15. The van der Waals surface area contributed by atoms with E-state index < -0.39 is 15.9 Å². The summed E-state index contributed by atoms with van der Waals surface area (Å²) < 4.78 is 22.5. The lowest BCUT2D eigenvalue weighted by Gasteiger charge is -2.07. The van der Waals surface area contributed by atoms with Crippen molar-refractivity contribution in [3.8, 4) is 0 Å². The second kappa shape index (κ2) is 5.98. The standard InChI is InChI=1S/C12H9Cl2N3O3S/c13-10-4-7(5-11(14)17-10)12(18)16-8-2-1-3-9(6-8)21(15,19)20/h1-6H,(H,16,18)(H2,15,19,20). The molecule has 21 heavy (non-hydrogen) atoms. The second-order valence-electron chi connectivity index (χ2n) is 4.03. The number of rotatable bonds is 3. The molecule has 0 fully saturated rings. The summed E-state index contributed by atoms with van der Waals surface area (Å²) in [6, 6.07) is 8.24. The van der Waals surface area contributed by atoms with Crippen molar-refractivity contribution < 1.29 is 13.2 Å². The molecule has 0 aliphatic carbocycles. The van der Waals surface area contributed by atoms with E-state index in [1.54, 1.807) is 0 Å². The van der Waals surface area contributed by atoms with Gasteiger partial charge in [0.05, 0.1) is 4.90 Å². The number of amides is 1. The first-order chi connectivity index (χ1) is 9.75. The van der Waals surface area contributed by atoms with E-state index in [2.05, 4.69) is 10.3 Å². The molecule has 3 N–H and O–H groups in total. The summed E-state index contributed by atoms with van der Waals surface area (Å²) in [5.41, 5.74) is 0.469. The van der Waals surface area contributed by atoms with Crippen LogP contribution in [0.25, 0.3) is 0 Å². The number of carbonyl (C=O) groups excluding carboxylic acids is 1. The smallest absolute Gasteiger partial charge is 0.255 e. The Balaban J connectivity index is 2.28. The van der Waals surface area contributed by atoms with Crippen LogP contribution in [-0.4, -0.2) is 19.3 Å². The van der Waals surface area contributed by atoms with Crippen LogP contribution >= 0.6 is 23.2 Å². The van der Waals surface area contributed by atoms with Crippen molar-refractivity contribution >= 4 is 44.8 Å². The third-order valence-electron chi connectivity index (χ3n) is 2.45. The van der Waals surface area contributed by atoms with Gasteiger partial charge in [0.15, 0.2) is 0 Å². The number of anilines is 1. The molecule has 2 aromatic rings. The number of nitrogens with one attached hydrogen (secondary N) is 1. The molecule has 0 unspecified atom stereocenters. The number of nitrogens with two attached hydrogens (primary N) is 1. The van der Waals surface area contributed by atoms with Gasteiger partial charge in [0.25, 0.3) is 5.91 Å². The number of pyridine rings is 1. The van der Waals surface area contributed by atoms with Gasteiger partial charge in [-0.2, -0.15) is 0 Å². The Morgan fingerprint density at radius 2 is 1.76 bits per heavy atom. The molecule has 1 aromatic heterocycles. The highest BCUT2D eigenvalue weighted by Crippen LogP contribution is 2.18. The molecule has 0 atom stereocenters. The summed E-state index contributed by atoms with van der Waals surface area (Å²) in [6.45, 7) is 0. The highest BCUT2D eigenvalue weighted by molar-refractivity contribution is 7.89. The molecule has 0 saturated heterocycles. The SMILES string of the molecule is NS(=O)(=O)c1cccc(NC(=O)c2cc(Cl)nc(Cl)c2)c1. The van der Waals surface area contributed by atoms with Crippen LogP contribution in [0, 0.1) is 0 Å². The molecule has 0 aliphatic heterocycles. The quantitative estimate of drug-likeness (QED) is 0.833. The molecule has 0 radical (unpaired) electrons. The highest BCUT2D eigenvalue weighted by atomic mass is 35.5. The van der Waals surface area contributed by atoms with Crippen molar-refractivity contribution in [2.24, 2.45) is 5.14 Å². The minimum absolute atomic E-state index is 0.0749. The number of nitrogens with zero attached hydrogens (tertiary/aromatic N) is 1. The van der Waals surface area contributed by atoms with Crippen LogP contribution < -0.4 is 10.5 Å². The Hall–Kier alpha value is -1.67. The first-order valence-corrected chi connectivity index (χ1v) is 7.83. The van der Waals surface area contributed by atoms with Gasteiger partial charge in [-0.3, -0.25) is 4.79 Å². The molecule has 1 amide bonds. The minimum atomic E-state index is -3.84. The van der Waals surface area contributed by atoms with Crippen molar-refractivity contribution in [3.05, 3.63) is 52.3 Å². The number of hydrogen-bond donors (Lipinski definition) is 2. The fraction of sp³-hybridized carbons (Fsp3) is 0. The van der Waals surface area contributed by atoms with Crippen LogP contribution in [0.15, 0.2) is 41.3 Å². The fourth-order valence-electron chi connectivity index (χ4n) is 1.55. The van der Waals surface area contributed by atoms with E-state index in [0.29, 0.717) is 0 Å². The molecule has 110 valence electrons. The van der Waals surface area contributed by atoms with Crippen molar-refractivity contribution in [3.63, 3.8) is 0 Å². The highest BCUT2D eigenvalue weighted by Gasteiger charge is 2.12. The summed E-state index contributed by atoms with van der Waals surface area (Å²) in [4.78, 5) is 15.7. The molecule has 0 aliphatic rings. The van der Waals surface area contributed by atoms with E-state index in [1.165, 1.54) is 36.4 Å². The predicted molar refractivity (Wildman–Crippen MR) is 80.0 cm³/mol. The van der Waals surface area contributed by atoms with Crippen LogP contribution in [-0.2, 0) is 10.0 Å². The zero-order valence-electron chi connectivity index (χ0n) is 10.4. The molecule has 9 heteroatoms. The van der Waals surface area contributed by atoms with Gasteiger partial charge in [0, 0.05) is 11.3 Å². The molecule has 6 nitrogen and oxygen atoms in total. The summed E-state index contributed by atoms with van der Waals surface area (Å²) in [6.07, 6.45) is 0. The maximum Gasteiger partial charge on any atom is 0.255 e. The van der Waals surface area contributed by atoms with Crippen LogP contribution in [0.5, 0.6) is 0 Å². The van der Waals surface area contributed by atoms with Crippen molar-refractivity contribution in [2.75, 3.05) is 5.32 Å². The van der Waals surface area contributed by atoms with Crippen LogP contribution in [0.1, 0.15) is 10.4 Å². The predicted octanol–water partition coefficient (Wildman–Crippen LogP) is 2.29. The van der Waals surface area contributed by atoms with Crippen molar-refractivity contribution in [1.82, 2.24) is 4.98 Å². The molecule has 0 saturated carbocycles. The van der Waals surface area contributed by atoms with E-state index in [0.717, 1.165) is 0 Å². The Morgan fingerprint density at radius 1 is 1.14 bits per heavy atom. The molecular weight excluding hydrogens is 337 g/mol. The van der Waals surface area contributed by atoms with Gasteiger partial charge in [0.2, 0.25) is 10.0 Å². The van der Waals surface area contributed by atoms with Gasteiger partial charge in [-0.1, -0.05) is 29.3 Å². The molecule has 1 heterocycles. The van der Waals surface area contributed by atoms with Crippen LogP contribution in [0.4, 0.5) is 5.69 Å². The summed E-state index contributed by atoms with van der Waals surface area (Å²) >= 11 is 11.4. The third-order valence-corrected chi connectivity index (χ3v) is 3.74. The normalized spacial score (nSPS) is 11.2. The first kappa shape index (κ1) is 15.7. The van der Waals surface area contributed by atoms with Gasteiger partial charge < -0.3 is 5.32 Å². The number of aromatic nitrogens is 1. The zero-order valence-corrected chi connectivity index (χ0v) is 12.7. The Kier molecular flexibility index (Phi) is 4.48. The van der Waals surface area contributed by atoms with Gasteiger partial charge in [-0.25, -0.2) is 18.5 Å². The van der Waals surface area contributed by atoms with E-state index in [9.17, 15) is 13.2 Å². The summed E-state index contributed by atoms with van der Waals surface area (Å²) in [5, 5.41) is 7.69. The van der Waals surface area contributed by atoms with E-state index >= 15 is 0 Å². The number of hydrogen-bond acceptors (Lipinski definition) is 4. The molecule has 0 spiro atoms. The molecule has 1 aromatic carbocycles. The van der Waals surface area contributed by atoms with E-state index in [-0.39, 0.29) is 26.5 Å². The first-order valence-electron chi connectivity index (χ1n) is 5.53. The lowest BCUT2D eigenvalue weighted by molar-refractivity contribution is 0.102. The fourth-order valence-corrected chi connectivity index (χ4v) is 2.57. The average molecular weight is 346 g/mol. The number of primary sulfonamides is 1. The maximum absolute atomic E-state index is 12.0. The monoisotopic (exact) mass is 345 g/mol. The molecule has 0 bridgehead atoms. The van der Waals surface area contributed by atoms with Crippen LogP contribution in [0.2, 0.25) is 10.3 Å². The van der Waals surface area contributed by atoms with Gasteiger partial charge >= 0.3 is 0 Å².